The molecule has 3 aromatic carbocycles. The fraction of sp³-hybridized carbons (Fsp3) is 0.0769. The molecule has 5 rings (SSSR count). The zero-order valence-electron chi connectivity index (χ0n) is 16.5. The smallest absolute Gasteiger partial charge is 0.319 e. The van der Waals surface area contributed by atoms with Crippen molar-refractivity contribution in [3.8, 4) is 11.3 Å². The van der Waals surface area contributed by atoms with Crippen LogP contribution in [0, 0.1) is 0 Å². The van der Waals surface area contributed by atoms with E-state index in [1.165, 1.54) is 12.5 Å². The van der Waals surface area contributed by atoms with Crippen LogP contribution in [0.2, 0.25) is 0 Å². The summed E-state index contributed by atoms with van der Waals surface area (Å²) in [7, 11) is 1.43. The van der Waals surface area contributed by atoms with Gasteiger partial charge in [-0.05, 0) is 34.5 Å². The zero-order valence-corrected chi connectivity index (χ0v) is 16.5. The first-order chi connectivity index (χ1) is 14.8. The molecule has 1 atom stereocenters. The molecule has 0 fully saturated rings. The number of nitrogens with zero attached hydrogens (tertiary/aromatic N) is 2. The number of aromatic nitrogens is 2. The second-order valence-electron chi connectivity index (χ2n) is 7.20. The third-order valence-corrected chi connectivity index (χ3v) is 5.43. The van der Waals surface area contributed by atoms with Crippen LogP contribution in [0.5, 0.6) is 0 Å². The van der Waals surface area contributed by atoms with Crippen LogP contribution in [-0.2, 0) is 9.53 Å². The summed E-state index contributed by atoms with van der Waals surface area (Å²) in [6.07, 6.45) is 1.95. The van der Waals surface area contributed by atoms with Gasteiger partial charge in [0.05, 0.1) is 18.5 Å². The maximum atomic E-state index is 13.0. The van der Waals surface area contributed by atoms with Gasteiger partial charge in [-0.25, -0.2) is 4.98 Å². The molecule has 146 valence electrons. The Hall–Kier alpha value is -3.92. The quantitative estimate of drug-likeness (QED) is 0.382. The van der Waals surface area contributed by atoms with Gasteiger partial charge in [0.25, 0.3) is 0 Å². The molecule has 2 aromatic heterocycles. The van der Waals surface area contributed by atoms with E-state index in [0.717, 1.165) is 33.5 Å². The largest absolute Gasteiger partial charge is 0.468 e. The lowest BCUT2D eigenvalue weighted by Gasteiger charge is -2.17. The van der Waals surface area contributed by atoms with Gasteiger partial charge in [0.15, 0.2) is 0 Å². The molecule has 4 heteroatoms. The molecule has 0 saturated heterocycles. The van der Waals surface area contributed by atoms with Gasteiger partial charge >= 0.3 is 5.97 Å². The summed E-state index contributed by atoms with van der Waals surface area (Å²) in [4.78, 5) is 17.9. The van der Waals surface area contributed by atoms with Crippen molar-refractivity contribution >= 4 is 22.4 Å². The standard InChI is InChI=1S/C26H20N2O2/c1-30-26(29)23(19-10-3-2-4-11-19)25-24(27-22-13-7-8-16-28(22)25)21-15-14-18-9-5-6-12-20(18)17-21/h2-17,23H,1H3. The molecule has 5 aromatic rings. The second-order valence-corrected chi connectivity index (χ2v) is 7.20. The molecule has 0 saturated carbocycles. The topological polar surface area (TPSA) is 43.6 Å². The van der Waals surface area contributed by atoms with Crippen molar-refractivity contribution in [1.82, 2.24) is 9.38 Å². The van der Waals surface area contributed by atoms with E-state index >= 15 is 0 Å². The number of esters is 1. The molecule has 0 bridgehead atoms. The highest BCUT2D eigenvalue weighted by molar-refractivity contribution is 5.90. The van der Waals surface area contributed by atoms with Crippen molar-refractivity contribution in [2.75, 3.05) is 7.11 Å². The van der Waals surface area contributed by atoms with Crippen molar-refractivity contribution in [1.29, 1.82) is 0 Å². The summed E-state index contributed by atoms with van der Waals surface area (Å²) in [5.74, 6) is -0.899. The fourth-order valence-electron chi connectivity index (χ4n) is 4.01. The Balaban J connectivity index is 1.81. The van der Waals surface area contributed by atoms with Crippen molar-refractivity contribution in [2.24, 2.45) is 0 Å². The Morgan fingerprint density at radius 2 is 1.60 bits per heavy atom. The maximum absolute atomic E-state index is 13.0. The molecule has 0 aliphatic carbocycles. The van der Waals surface area contributed by atoms with Crippen molar-refractivity contribution < 1.29 is 9.53 Å². The van der Waals surface area contributed by atoms with Gasteiger partial charge in [-0.15, -0.1) is 0 Å². The number of imidazole rings is 1. The Morgan fingerprint density at radius 1 is 0.867 bits per heavy atom. The maximum Gasteiger partial charge on any atom is 0.319 e. The molecule has 4 nitrogen and oxygen atoms in total. The van der Waals surface area contributed by atoms with Crippen LogP contribution in [0.1, 0.15) is 17.2 Å². The van der Waals surface area contributed by atoms with Crippen LogP contribution in [0.25, 0.3) is 27.7 Å². The Labute approximate surface area is 174 Å². The number of hydrogen-bond donors (Lipinski definition) is 0. The number of methoxy groups -OCH3 is 1. The molecule has 0 spiro atoms. The Bertz CT molecular complexity index is 1360. The minimum Gasteiger partial charge on any atom is -0.468 e. The number of rotatable bonds is 4. The molecule has 1 unspecified atom stereocenters. The summed E-state index contributed by atoms with van der Waals surface area (Å²) in [6, 6.07) is 30.1. The highest BCUT2D eigenvalue weighted by atomic mass is 16.5. The van der Waals surface area contributed by atoms with Crippen molar-refractivity contribution in [2.45, 2.75) is 5.92 Å². The highest BCUT2D eigenvalue weighted by Gasteiger charge is 2.30. The van der Waals surface area contributed by atoms with E-state index in [4.69, 9.17) is 9.72 Å². The third-order valence-electron chi connectivity index (χ3n) is 5.43. The van der Waals surface area contributed by atoms with Crippen LogP contribution in [0.15, 0.2) is 97.2 Å². The molecule has 30 heavy (non-hydrogen) atoms. The minimum atomic E-state index is -0.588. The first kappa shape index (κ1) is 18.1. The van der Waals surface area contributed by atoms with Gasteiger partial charge in [0, 0.05) is 11.8 Å². The van der Waals surface area contributed by atoms with E-state index in [1.54, 1.807) is 0 Å². The Kier molecular flexibility index (Phi) is 4.52. The second kappa shape index (κ2) is 7.48. The van der Waals surface area contributed by atoms with Crippen LogP contribution in [0.3, 0.4) is 0 Å². The lowest BCUT2D eigenvalue weighted by Crippen LogP contribution is -2.18. The third kappa shape index (κ3) is 3.03. The van der Waals surface area contributed by atoms with Gasteiger partial charge in [0.2, 0.25) is 0 Å². The van der Waals surface area contributed by atoms with Crippen LogP contribution in [-0.4, -0.2) is 22.5 Å². The van der Waals surface area contributed by atoms with Crippen molar-refractivity contribution in [3.05, 3.63) is 108 Å². The molecule has 0 aliphatic heterocycles. The number of benzene rings is 3. The van der Waals surface area contributed by atoms with Gasteiger partial charge in [0.1, 0.15) is 11.6 Å². The van der Waals surface area contributed by atoms with E-state index in [1.807, 2.05) is 71.3 Å². The normalized spacial score (nSPS) is 12.2. The van der Waals surface area contributed by atoms with Gasteiger partial charge in [-0.1, -0.05) is 72.8 Å². The van der Waals surface area contributed by atoms with E-state index < -0.39 is 5.92 Å². The van der Waals surface area contributed by atoms with Crippen LogP contribution >= 0.6 is 0 Å². The number of hydrogen-bond acceptors (Lipinski definition) is 3. The Morgan fingerprint density at radius 3 is 2.40 bits per heavy atom. The summed E-state index contributed by atoms with van der Waals surface area (Å²) in [5.41, 5.74) is 4.22. The lowest BCUT2D eigenvalue weighted by molar-refractivity contribution is -0.141. The molecule has 2 heterocycles. The predicted octanol–water partition coefficient (Wildman–Crippen LogP) is 5.46. The number of carbonyl (C=O) groups is 1. The van der Waals surface area contributed by atoms with E-state index in [2.05, 4.69) is 30.3 Å². The zero-order chi connectivity index (χ0) is 20.5. The van der Waals surface area contributed by atoms with Crippen LogP contribution < -0.4 is 0 Å². The molecular formula is C26H20N2O2. The molecule has 0 radical (unpaired) electrons. The van der Waals surface area contributed by atoms with E-state index in [-0.39, 0.29) is 5.97 Å². The summed E-state index contributed by atoms with van der Waals surface area (Å²) < 4.78 is 7.21. The summed E-state index contributed by atoms with van der Waals surface area (Å²) >= 11 is 0. The average Bonchev–Trinajstić information content (AvgIpc) is 3.19. The van der Waals surface area contributed by atoms with Gasteiger partial charge < -0.3 is 9.14 Å². The number of carbonyl (C=O) groups excluding carboxylic acids is 1. The predicted molar refractivity (Wildman–Crippen MR) is 118 cm³/mol. The fourth-order valence-corrected chi connectivity index (χ4v) is 4.01. The molecule has 0 amide bonds. The average molecular weight is 392 g/mol. The summed E-state index contributed by atoms with van der Waals surface area (Å²) in [6.45, 7) is 0. The summed E-state index contributed by atoms with van der Waals surface area (Å²) in [5, 5.41) is 2.30. The molecule has 0 aliphatic rings. The first-order valence-electron chi connectivity index (χ1n) is 9.85. The number of fused-ring (bicyclic) bond motifs is 2. The van der Waals surface area contributed by atoms with Gasteiger partial charge in [-0.3, -0.25) is 4.79 Å². The van der Waals surface area contributed by atoms with Gasteiger partial charge in [-0.2, -0.15) is 0 Å². The SMILES string of the molecule is COC(=O)C(c1ccccc1)c1c(-c2ccc3ccccc3c2)nc2ccccn12. The number of pyridine rings is 1. The lowest BCUT2D eigenvalue weighted by atomic mass is 9.92. The highest BCUT2D eigenvalue weighted by Crippen LogP contribution is 2.36. The van der Waals surface area contributed by atoms with E-state index in [9.17, 15) is 4.79 Å². The minimum absolute atomic E-state index is 0.311. The molecular weight excluding hydrogens is 372 g/mol. The van der Waals surface area contributed by atoms with Crippen LogP contribution in [0.4, 0.5) is 0 Å². The monoisotopic (exact) mass is 392 g/mol. The van der Waals surface area contributed by atoms with E-state index in [0.29, 0.717) is 0 Å². The first-order valence-corrected chi connectivity index (χ1v) is 9.85. The number of ether oxygens (including phenoxy) is 1. The van der Waals surface area contributed by atoms with Crippen molar-refractivity contribution in [3.63, 3.8) is 0 Å². The molecule has 0 N–H and O–H groups in total.